The molecule has 0 aliphatic rings. The van der Waals surface area contributed by atoms with E-state index in [4.69, 9.17) is 4.98 Å². The lowest BCUT2D eigenvalue weighted by Gasteiger charge is -2.17. The second kappa shape index (κ2) is 6.41. The number of nitrogens with zero attached hydrogens (tertiary/aromatic N) is 3. The van der Waals surface area contributed by atoms with E-state index in [1.807, 2.05) is 18.5 Å². The first-order chi connectivity index (χ1) is 12.8. The zero-order valence-corrected chi connectivity index (χ0v) is 16.6. The predicted molar refractivity (Wildman–Crippen MR) is 113 cm³/mol. The highest BCUT2D eigenvalue weighted by molar-refractivity contribution is 5.89. The fourth-order valence-electron chi connectivity index (χ4n) is 3.38. The maximum atomic E-state index is 4.80. The molecule has 0 aliphatic carbocycles. The van der Waals surface area contributed by atoms with Crippen LogP contribution < -0.4 is 0 Å². The van der Waals surface area contributed by atoms with Crippen molar-refractivity contribution in [1.29, 1.82) is 0 Å². The van der Waals surface area contributed by atoms with Crippen molar-refractivity contribution in [3.8, 4) is 11.1 Å². The molecule has 0 fully saturated rings. The van der Waals surface area contributed by atoms with Crippen molar-refractivity contribution in [3.05, 3.63) is 66.1 Å². The Balaban J connectivity index is 1.87. The summed E-state index contributed by atoms with van der Waals surface area (Å²) in [5.41, 5.74) is 7.61. The van der Waals surface area contributed by atoms with Gasteiger partial charge in [0.1, 0.15) is 0 Å². The molecule has 0 spiro atoms. The van der Waals surface area contributed by atoms with Crippen LogP contribution in [0, 0.1) is 0 Å². The average molecular weight is 355 g/mol. The summed E-state index contributed by atoms with van der Waals surface area (Å²) in [5, 5.41) is 1.17. The van der Waals surface area contributed by atoms with Crippen molar-refractivity contribution in [2.24, 2.45) is 0 Å². The van der Waals surface area contributed by atoms with E-state index in [1.54, 1.807) is 0 Å². The molecule has 136 valence electrons. The van der Waals surface area contributed by atoms with Gasteiger partial charge in [-0.25, -0.2) is 4.98 Å². The second-order valence-corrected chi connectivity index (χ2v) is 8.50. The quantitative estimate of drug-likeness (QED) is 0.425. The summed E-state index contributed by atoms with van der Waals surface area (Å²) < 4.78 is 0. The zero-order chi connectivity index (χ0) is 19.2. The Kier molecular flexibility index (Phi) is 4.18. The SMILES string of the molecule is CC(C)c1cc(-c2ccc3nc(C(C)(C)C)cnc3c2)cc2cccnc12. The summed E-state index contributed by atoms with van der Waals surface area (Å²) in [4.78, 5) is 14.1. The first kappa shape index (κ1) is 17.6. The van der Waals surface area contributed by atoms with Crippen molar-refractivity contribution in [3.63, 3.8) is 0 Å². The lowest BCUT2D eigenvalue weighted by Crippen LogP contribution is -2.13. The van der Waals surface area contributed by atoms with Crippen LogP contribution in [-0.4, -0.2) is 15.0 Å². The van der Waals surface area contributed by atoms with E-state index in [1.165, 1.54) is 16.5 Å². The van der Waals surface area contributed by atoms with E-state index < -0.39 is 0 Å². The highest BCUT2D eigenvalue weighted by Crippen LogP contribution is 2.32. The van der Waals surface area contributed by atoms with Crippen LogP contribution >= 0.6 is 0 Å². The predicted octanol–water partition coefficient (Wildman–Crippen LogP) is 6.27. The monoisotopic (exact) mass is 355 g/mol. The van der Waals surface area contributed by atoms with E-state index >= 15 is 0 Å². The van der Waals surface area contributed by atoms with Crippen LogP contribution in [0.2, 0.25) is 0 Å². The third-order valence-corrected chi connectivity index (χ3v) is 5.00. The smallest absolute Gasteiger partial charge is 0.0893 e. The summed E-state index contributed by atoms with van der Waals surface area (Å²) in [6.07, 6.45) is 3.77. The summed E-state index contributed by atoms with van der Waals surface area (Å²) in [5.74, 6) is 0.414. The van der Waals surface area contributed by atoms with Gasteiger partial charge in [0, 0.05) is 23.2 Å². The Labute approximate surface area is 160 Å². The molecule has 0 saturated carbocycles. The lowest BCUT2D eigenvalue weighted by molar-refractivity contribution is 0.569. The number of hydrogen-bond acceptors (Lipinski definition) is 3. The van der Waals surface area contributed by atoms with Crippen molar-refractivity contribution >= 4 is 21.9 Å². The molecule has 0 aliphatic heterocycles. The largest absolute Gasteiger partial charge is 0.256 e. The normalized spacial score (nSPS) is 12.2. The van der Waals surface area contributed by atoms with Gasteiger partial charge in [0.15, 0.2) is 0 Å². The standard InChI is InChI=1S/C24H25N3/c1-15(2)19-12-18(11-17-7-6-10-25-23(17)19)16-8-9-20-21(13-16)26-14-22(27-20)24(3,4)5/h6-15H,1-5H3. The molecule has 2 aromatic carbocycles. The molecule has 27 heavy (non-hydrogen) atoms. The van der Waals surface area contributed by atoms with Gasteiger partial charge in [0.25, 0.3) is 0 Å². The topological polar surface area (TPSA) is 38.7 Å². The number of fused-ring (bicyclic) bond motifs is 2. The number of benzene rings is 2. The van der Waals surface area contributed by atoms with Gasteiger partial charge in [-0.2, -0.15) is 0 Å². The molecule has 2 heterocycles. The Morgan fingerprint density at radius 2 is 1.67 bits per heavy atom. The van der Waals surface area contributed by atoms with Crippen LogP contribution in [0.25, 0.3) is 33.1 Å². The average Bonchev–Trinajstić information content (AvgIpc) is 2.65. The van der Waals surface area contributed by atoms with Gasteiger partial charge < -0.3 is 0 Å². The van der Waals surface area contributed by atoms with Crippen LogP contribution in [0.1, 0.15) is 51.8 Å². The molecule has 0 N–H and O–H groups in total. The summed E-state index contributed by atoms with van der Waals surface area (Å²) in [6, 6.07) is 15.0. The zero-order valence-electron chi connectivity index (χ0n) is 16.6. The Morgan fingerprint density at radius 1 is 0.852 bits per heavy atom. The van der Waals surface area contributed by atoms with E-state index in [2.05, 4.69) is 81.0 Å². The number of aromatic nitrogens is 3. The van der Waals surface area contributed by atoms with Crippen LogP contribution in [0.3, 0.4) is 0 Å². The minimum atomic E-state index is -0.00261. The van der Waals surface area contributed by atoms with Gasteiger partial charge in [-0.05, 0) is 52.9 Å². The van der Waals surface area contributed by atoms with Crippen LogP contribution in [-0.2, 0) is 5.41 Å². The Morgan fingerprint density at radius 3 is 2.41 bits per heavy atom. The molecule has 0 atom stereocenters. The van der Waals surface area contributed by atoms with Gasteiger partial charge in [0.2, 0.25) is 0 Å². The van der Waals surface area contributed by atoms with Crippen molar-refractivity contribution < 1.29 is 0 Å². The molecule has 4 aromatic rings. The number of rotatable bonds is 2. The molecule has 3 heteroatoms. The van der Waals surface area contributed by atoms with E-state index in [0.717, 1.165) is 27.8 Å². The van der Waals surface area contributed by atoms with E-state index in [9.17, 15) is 0 Å². The van der Waals surface area contributed by atoms with E-state index in [0.29, 0.717) is 5.92 Å². The highest BCUT2D eigenvalue weighted by Gasteiger charge is 2.16. The van der Waals surface area contributed by atoms with Gasteiger partial charge in [-0.1, -0.05) is 46.8 Å². The van der Waals surface area contributed by atoms with Crippen molar-refractivity contribution in [2.45, 2.75) is 46.0 Å². The summed E-state index contributed by atoms with van der Waals surface area (Å²) in [7, 11) is 0. The molecule has 4 rings (SSSR count). The van der Waals surface area contributed by atoms with Crippen LogP contribution in [0.15, 0.2) is 54.9 Å². The summed E-state index contributed by atoms with van der Waals surface area (Å²) >= 11 is 0. The summed E-state index contributed by atoms with van der Waals surface area (Å²) in [6.45, 7) is 10.9. The van der Waals surface area contributed by atoms with Gasteiger partial charge in [0.05, 0.1) is 22.2 Å². The Bertz CT molecular complexity index is 1140. The minimum absolute atomic E-state index is 0.00261. The van der Waals surface area contributed by atoms with Gasteiger partial charge in [-0.15, -0.1) is 0 Å². The maximum Gasteiger partial charge on any atom is 0.0893 e. The third-order valence-electron chi connectivity index (χ3n) is 5.00. The van der Waals surface area contributed by atoms with Crippen molar-refractivity contribution in [2.75, 3.05) is 0 Å². The first-order valence-electron chi connectivity index (χ1n) is 9.49. The number of pyridine rings is 1. The second-order valence-electron chi connectivity index (χ2n) is 8.50. The van der Waals surface area contributed by atoms with Gasteiger partial charge in [-0.3, -0.25) is 9.97 Å². The van der Waals surface area contributed by atoms with E-state index in [-0.39, 0.29) is 5.41 Å². The fourth-order valence-corrected chi connectivity index (χ4v) is 3.38. The molecule has 0 amide bonds. The molecule has 2 aromatic heterocycles. The van der Waals surface area contributed by atoms with Gasteiger partial charge >= 0.3 is 0 Å². The van der Waals surface area contributed by atoms with Crippen LogP contribution in [0.4, 0.5) is 0 Å². The molecule has 0 radical (unpaired) electrons. The Hall–Kier alpha value is -2.81. The number of hydrogen-bond donors (Lipinski definition) is 0. The minimum Gasteiger partial charge on any atom is -0.256 e. The molecule has 0 saturated heterocycles. The molecule has 0 bridgehead atoms. The molecular weight excluding hydrogens is 330 g/mol. The van der Waals surface area contributed by atoms with Crippen LogP contribution in [0.5, 0.6) is 0 Å². The maximum absolute atomic E-state index is 4.80. The molecule has 3 nitrogen and oxygen atoms in total. The molecule has 0 unspecified atom stereocenters. The first-order valence-corrected chi connectivity index (χ1v) is 9.49. The fraction of sp³-hybridized carbons (Fsp3) is 0.292. The third kappa shape index (κ3) is 3.30. The van der Waals surface area contributed by atoms with Crippen molar-refractivity contribution in [1.82, 2.24) is 15.0 Å². The highest BCUT2D eigenvalue weighted by atomic mass is 14.8. The molecular formula is C24H25N3. The lowest BCUT2D eigenvalue weighted by atomic mass is 9.92.